The Hall–Kier alpha value is -2.81. The highest BCUT2D eigenvalue weighted by atomic mass is 35.5. The molecule has 26 heavy (non-hydrogen) atoms. The van der Waals surface area contributed by atoms with E-state index in [1.165, 1.54) is 12.3 Å². The normalized spacial score (nSPS) is 14.7. The van der Waals surface area contributed by atoms with Gasteiger partial charge in [-0.25, -0.2) is 9.99 Å². The number of carbonyl (C=O) groups excluding carboxylic acids is 1. The van der Waals surface area contributed by atoms with E-state index in [0.717, 1.165) is 0 Å². The van der Waals surface area contributed by atoms with Gasteiger partial charge in [0, 0.05) is 17.8 Å². The Bertz CT molecular complexity index is 857. The van der Waals surface area contributed by atoms with Crippen LogP contribution in [0.2, 0.25) is 5.15 Å². The van der Waals surface area contributed by atoms with Gasteiger partial charge in [0.2, 0.25) is 0 Å². The number of ether oxygens (including phenoxy) is 1. The van der Waals surface area contributed by atoms with Crippen LogP contribution in [0, 0.1) is 0 Å². The number of carbonyl (C=O) groups is 1. The maximum Gasteiger partial charge on any atom is 0.408 e. The second kappa shape index (κ2) is 7.20. The molecular weight excluding hydrogens is 373 g/mol. The molecule has 0 unspecified atom stereocenters. The Morgan fingerprint density at radius 2 is 2.00 bits per heavy atom. The minimum absolute atomic E-state index is 0.145. The number of hydrazone groups is 1. The van der Waals surface area contributed by atoms with Gasteiger partial charge in [-0.15, -0.1) is 0 Å². The number of amides is 1. The van der Waals surface area contributed by atoms with Crippen LogP contribution in [0.25, 0.3) is 0 Å². The van der Waals surface area contributed by atoms with Crippen LogP contribution in [0.15, 0.2) is 47.7 Å². The molecule has 10 heteroatoms. The van der Waals surface area contributed by atoms with Gasteiger partial charge in [0.05, 0.1) is 6.54 Å². The zero-order chi connectivity index (χ0) is 18.7. The standard InChI is InChI=1S/C16H12ClF3N4O2/c17-13-7-12(4-5-21-13)26-11-3-1-2-10(6-11)15-22-8-14(25)24(23-15)9-16(18,19)20/h1-7H,8-9H2,(H,22,23). The average molecular weight is 385 g/mol. The predicted molar refractivity (Wildman–Crippen MR) is 88.1 cm³/mol. The van der Waals surface area contributed by atoms with Gasteiger partial charge in [-0.2, -0.15) is 18.3 Å². The fraction of sp³-hybridized carbons (Fsp3) is 0.188. The van der Waals surface area contributed by atoms with Gasteiger partial charge in [-0.05, 0) is 18.2 Å². The van der Waals surface area contributed by atoms with Crippen molar-refractivity contribution in [2.24, 2.45) is 5.10 Å². The van der Waals surface area contributed by atoms with Crippen molar-refractivity contribution >= 4 is 23.3 Å². The number of pyridine rings is 1. The highest BCUT2D eigenvalue weighted by molar-refractivity contribution is 6.29. The van der Waals surface area contributed by atoms with Crippen molar-refractivity contribution in [3.05, 3.63) is 53.3 Å². The van der Waals surface area contributed by atoms with E-state index >= 15 is 0 Å². The Morgan fingerprint density at radius 3 is 2.73 bits per heavy atom. The van der Waals surface area contributed by atoms with E-state index in [9.17, 15) is 18.0 Å². The zero-order valence-electron chi connectivity index (χ0n) is 13.1. The molecule has 3 rings (SSSR count). The third kappa shape index (κ3) is 4.63. The lowest BCUT2D eigenvalue weighted by molar-refractivity contribution is -0.161. The smallest absolute Gasteiger partial charge is 0.408 e. The predicted octanol–water partition coefficient (Wildman–Crippen LogP) is 3.18. The molecule has 0 bridgehead atoms. The van der Waals surface area contributed by atoms with Crippen molar-refractivity contribution in [3.8, 4) is 11.5 Å². The summed E-state index contributed by atoms with van der Waals surface area (Å²) in [7, 11) is 0. The number of hydrogen-bond donors (Lipinski definition) is 1. The van der Waals surface area contributed by atoms with Crippen LogP contribution in [0.5, 0.6) is 11.5 Å². The number of alkyl halides is 3. The van der Waals surface area contributed by atoms with Gasteiger partial charge in [-0.3, -0.25) is 4.79 Å². The lowest BCUT2D eigenvalue weighted by atomic mass is 10.2. The molecule has 1 aromatic carbocycles. The summed E-state index contributed by atoms with van der Waals surface area (Å²) in [5.41, 5.74) is 0.474. The molecule has 2 heterocycles. The lowest BCUT2D eigenvalue weighted by Crippen LogP contribution is -2.47. The maximum absolute atomic E-state index is 12.6. The minimum atomic E-state index is -4.53. The van der Waals surface area contributed by atoms with E-state index in [1.807, 2.05) is 0 Å². The number of nitrogens with zero attached hydrogens (tertiary/aromatic N) is 3. The number of rotatable bonds is 4. The van der Waals surface area contributed by atoms with E-state index in [4.69, 9.17) is 16.3 Å². The number of benzene rings is 1. The van der Waals surface area contributed by atoms with Crippen LogP contribution >= 0.6 is 11.6 Å². The molecule has 1 aliphatic heterocycles. The highest BCUT2D eigenvalue weighted by Crippen LogP contribution is 2.24. The fourth-order valence-electron chi connectivity index (χ4n) is 2.21. The molecule has 0 atom stereocenters. The second-order valence-corrected chi connectivity index (χ2v) is 5.70. The second-order valence-electron chi connectivity index (χ2n) is 5.31. The van der Waals surface area contributed by atoms with Crippen molar-refractivity contribution in [2.45, 2.75) is 6.18 Å². The SMILES string of the molecule is O=C1CNC(c2cccc(Oc3ccnc(Cl)c3)c2)=NN1CC(F)(F)F. The van der Waals surface area contributed by atoms with Crippen LogP contribution in [0.4, 0.5) is 13.2 Å². The summed E-state index contributed by atoms with van der Waals surface area (Å²) in [4.78, 5) is 15.4. The molecule has 1 aliphatic rings. The zero-order valence-corrected chi connectivity index (χ0v) is 13.9. The third-order valence-electron chi connectivity index (χ3n) is 3.29. The summed E-state index contributed by atoms with van der Waals surface area (Å²) in [5.74, 6) is 0.264. The van der Waals surface area contributed by atoms with E-state index < -0.39 is 18.6 Å². The molecule has 0 saturated heterocycles. The molecule has 0 aliphatic carbocycles. The molecule has 0 fully saturated rings. The third-order valence-corrected chi connectivity index (χ3v) is 3.49. The molecule has 6 nitrogen and oxygen atoms in total. The Morgan fingerprint density at radius 1 is 1.23 bits per heavy atom. The largest absolute Gasteiger partial charge is 0.457 e. The molecule has 0 radical (unpaired) electrons. The van der Waals surface area contributed by atoms with E-state index in [1.54, 1.807) is 30.3 Å². The molecule has 0 spiro atoms. The summed E-state index contributed by atoms with van der Waals surface area (Å²) in [6.45, 7) is -1.72. The first-order valence-corrected chi connectivity index (χ1v) is 7.77. The Labute approximate surface area is 151 Å². The van der Waals surface area contributed by atoms with Gasteiger partial charge in [0.15, 0.2) is 5.84 Å². The Kier molecular flexibility index (Phi) is 4.99. The van der Waals surface area contributed by atoms with Gasteiger partial charge < -0.3 is 10.1 Å². The van der Waals surface area contributed by atoms with Crippen LogP contribution < -0.4 is 10.1 Å². The number of aromatic nitrogens is 1. The molecular formula is C16H12ClF3N4O2. The fourth-order valence-corrected chi connectivity index (χ4v) is 2.37. The molecule has 1 N–H and O–H groups in total. The van der Waals surface area contributed by atoms with Crippen molar-refractivity contribution in [1.29, 1.82) is 0 Å². The topological polar surface area (TPSA) is 66.8 Å². The van der Waals surface area contributed by atoms with Crippen molar-refractivity contribution < 1.29 is 22.7 Å². The monoisotopic (exact) mass is 384 g/mol. The molecule has 1 aromatic heterocycles. The van der Waals surface area contributed by atoms with Crippen LogP contribution in [-0.2, 0) is 4.79 Å². The van der Waals surface area contributed by atoms with Gasteiger partial charge >= 0.3 is 6.18 Å². The summed E-state index contributed by atoms with van der Waals surface area (Å²) >= 11 is 5.80. The van der Waals surface area contributed by atoms with Gasteiger partial charge in [0.1, 0.15) is 23.2 Å². The maximum atomic E-state index is 12.6. The quantitative estimate of drug-likeness (QED) is 0.822. The van der Waals surface area contributed by atoms with E-state index in [2.05, 4.69) is 15.4 Å². The molecule has 136 valence electrons. The van der Waals surface area contributed by atoms with Crippen LogP contribution in [0.1, 0.15) is 5.56 Å². The van der Waals surface area contributed by atoms with Crippen molar-refractivity contribution in [3.63, 3.8) is 0 Å². The average Bonchev–Trinajstić information content (AvgIpc) is 2.56. The summed E-state index contributed by atoms with van der Waals surface area (Å²) in [5, 5.41) is 7.14. The first-order chi connectivity index (χ1) is 12.3. The summed E-state index contributed by atoms with van der Waals surface area (Å²) in [6.07, 6.45) is -3.05. The van der Waals surface area contributed by atoms with E-state index in [0.29, 0.717) is 22.1 Å². The minimum Gasteiger partial charge on any atom is -0.457 e. The molecule has 2 aromatic rings. The van der Waals surface area contributed by atoms with E-state index in [-0.39, 0.29) is 17.5 Å². The van der Waals surface area contributed by atoms with Crippen LogP contribution in [0.3, 0.4) is 0 Å². The first-order valence-electron chi connectivity index (χ1n) is 7.39. The number of amidine groups is 1. The number of hydrogen-bond acceptors (Lipinski definition) is 5. The Balaban J connectivity index is 1.82. The summed E-state index contributed by atoms with van der Waals surface area (Å²) in [6, 6.07) is 9.68. The highest BCUT2D eigenvalue weighted by Gasteiger charge is 2.35. The van der Waals surface area contributed by atoms with Gasteiger partial charge in [0.25, 0.3) is 5.91 Å². The summed E-state index contributed by atoms with van der Waals surface area (Å²) < 4.78 is 43.3. The molecule has 1 amide bonds. The lowest BCUT2D eigenvalue weighted by Gasteiger charge is -2.25. The van der Waals surface area contributed by atoms with Crippen molar-refractivity contribution in [1.82, 2.24) is 15.3 Å². The van der Waals surface area contributed by atoms with Crippen LogP contribution in [-0.4, -0.2) is 41.0 Å². The first kappa shape index (κ1) is 18.0. The van der Waals surface area contributed by atoms with Crippen molar-refractivity contribution in [2.75, 3.05) is 13.1 Å². The number of halogens is 4. The number of nitrogens with one attached hydrogen (secondary N) is 1. The molecule has 0 saturated carbocycles. The van der Waals surface area contributed by atoms with Gasteiger partial charge in [-0.1, -0.05) is 23.7 Å².